The molecule has 0 saturated heterocycles. The third-order valence-corrected chi connectivity index (χ3v) is 4.74. The molecule has 0 saturated carbocycles. The molecule has 1 rings (SSSR count). The zero-order valence-electron chi connectivity index (χ0n) is 13.3. The molecule has 0 N–H and O–H groups in total. The summed E-state index contributed by atoms with van der Waals surface area (Å²) in [5.41, 5.74) is -0.151. The highest BCUT2D eigenvalue weighted by Crippen LogP contribution is 2.53. The lowest BCUT2D eigenvalue weighted by atomic mass is 10.2. The van der Waals surface area contributed by atoms with Crippen LogP contribution in [0.4, 0.5) is 0 Å². The second-order valence-corrected chi connectivity index (χ2v) is 8.58. The van der Waals surface area contributed by atoms with E-state index < -0.39 is 18.8 Å². The molecule has 1 aromatic carbocycles. The van der Waals surface area contributed by atoms with Crippen molar-refractivity contribution in [2.45, 2.75) is 52.7 Å². The van der Waals surface area contributed by atoms with E-state index in [0.717, 1.165) is 5.56 Å². The van der Waals surface area contributed by atoms with Gasteiger partial charge in [-0.15, -0.1) is 0 Å². The van der Waals surface area contributed by atoms with Crippen LogP contribution in [0.2, 0.25) is 0 Å². The summed E-state index contributed by atoms with van der Waals surface area (Å²) in [6.45, 7) is 14.9. The lowest BCUT2D eigenvalue weighted by molar-refractivity contribution is 0.0548. The fraction of sp³-hybridized carbons (Fsp3) is 0.500. The maximum Gasteiger partial charge on any atom is 0.362 e. The van der Waals surface area contributed by atoms with Gasteiger partial charge < -0.3 is 0 Å². The Labute approximate surface area is 122 Å². The van der Waals surface area contributed by atoms with Gasteiger partial charge in [0.2, 0.25) is 0 Å². The van der Waals surface area contributed by atoms with Crippen molar-refractivity contribution < 1.29 is 13.6 Å². The molecular weight excluding hydrogens is 271 g/mol. The molecule has 0 aliphatic heterocycles. The predicted octanol–water partition coefficient (Wildman–Crippen LogP) is 4.78. The smallest absolute Gasteiger partial charge is 0.299 e. The van der Waals surface area contributed by atoms with Crippen LogP contribution in [0.25, 0.3) is 6.08 Å². The van der Waals surface area contributed by atoms with Crippen LogP contribution < -0.4 is 5.30 Å². The van der Waals surface area contributed by atoms with Gasteiger partial charge in [0.1, 0.15) is 0 Å². The van der Waals surface area contributed by atoms with Crippen molar-refractivity contribution in [3.05, 3.63) is 36.4 Å². The maximum absolute atomic E-state index is 13.2. The first-order chi connectivity index (χ1) is 8.95. The van der Waals surface area contributed by atoms with Crippen molar-refractivity contribution in [2.24, 2.45) is 0 Å². The maximum atomic E-state index is 13.2. The van der Waals surface area contributed by atoms with E-state index in [9.17, 15) is 4.57 Å². The van der Waals surface area contributed by atoms with Gasteiger partial charge in [-0.2, -0.15) is 0 Å². The second-order valence-electron chi connectivity index (χ2n) is 6.70. The number of rotatable bonds is 4. The van der Waals surface area contributed by atoms with E-state index in [-0.39, 0.29) is 0 Å². The molecule has 0 aliphatic rings. The summed E-state index contributed by atoms with van der Waals surface area (Å²) in [7, 11) is -3.38. The van der Waals surface area contributed by atoms with E-state index in [4.69, 9.17) is 9.05 Å². The topological polar surface area (TPSA) is 35.5 Å². The highest BCUT2D eigenvalue weighted by molar-refractivity contribution is 7.62. The molecule has 0 heterocycles. The Morgan fingerprint density at radius 2 is 1.35 bits per heavy atom. The molecule has 0 aromatic heterocycles. The fourth-order valence-electron chi connectivity index (χ4n) is 1.64. The molecule has 0 atom stereocenters. The average molecular weight is 296 g/mol. The van der Waals surface area contributed by atoms with E-state index in [0.29, 0.717) is 5.30 Å². The number of benzene rings is 1. The Bertz CT molecular complexity index is 484. The van der Waals surface area contributed by atoms with Crippen LogP contribution in [0.3, 0.4) is 0 Å². The van der Waals surface area contributed by atoms with E-state index in [1.807, 2.05) is 53.7 Å². The average Bonchev–Trinajstić information content (AvgIpc) is 2.24. The number of hydrogen-bond acceptors (Lipinski definition) is 3. The zero-order chi connectivity index (χ0) is 15.6. The molecule has 0 aliphatic carbocycles. The van der Waals surface area contributed by atoms with Crippen molar-refractivity contribution in [1.82, 2.24) is 0 Å². The summed E-state index contributed by atoms with van der Waals surface area (Å²) in [5, 5.41) is 0.563. The molecule has 0 spiro atoms. The molecular formula is C16H25O3P. The first kappa shape index (κ1) is 17.2. The minimum absolute atomic E-state index is 0.558. The molecule has 0 bridgehead atoms. The van der Waals surface area contributed by atoms with Crippen LogP contribution in [-0.4, -0.2) is 11.2 Å². The lowest BCUT2D eigenvalue weighted by Crippen LogP contribution is -2.28. The van der Waals surface area contributed by atoms with Crippen LogP contribution in [0.1, 0.15) is 47.1 Å². The van der Waals surface area contributed by atoms with Gasteiger partial charge in [0.15, 0.2) is 0 Å². The van der Waals surface area contributed by atoms with Gasteiger partial charge in [0, 0.05) is 0 Å². The molecule has 4 heteroatoms. The van der Waals surface area contributed by atoms with Crippen LogP contribution in [0.5, 0.6) is 0 Å². The summed E-state index contributed by atoms with van der Waals surface area (Å²) < 4.78 is 24.7. The minimum Gasteiger partial charge on any atom is -0.299 e. The van der Waals surface area contributed by atoms with E-state index in [2.05, 4.69) is 6.58 Å². The quantitative estimate of drug-likeness (QED) is 0.750. The second kappa shape index (κ2) is 5.85. The van der Waals surface area contributed by atoms with E-state index in [1.54, 1.807) is 18.2 Å². The summed E-state index contributed by atoms with van der Waals surface area (Å²) in [6, 6.07) is 7.25. The SMILES string of the molecule is C=Cc1ccc(P(=O)(OC(C)(C)C)OC(C)(C)C)cc1. The summed E-state index contributed by atoms with van der Waals surface area (Å²) in [6.07, 6.45) is 1.74. The molecule has 0 unspecified atom stereocenters. The third-order valence-electron chi connectivity index (χ3n) is 2.23. The Kier molecular flexibility index (Phi) is 5.02. The highest BCUT2D eigenvalue weighted by atomic mass is 31.2. The molecule has 0 amide bonds. The van der Waals surface area contributed by atoms with Gasteiger partial charge in [0.05, 0.1) is 16.5 Å². The molecule has 1 aromatic rings. The van der Waals surface area contributed by atoms with Crippen LogP contribution >= 0.6 is 7.60 Å². The van der Waals surface area contributed by atoms with Crippen LogP contribution in [0.15, 0.2) is 30.8 Å². The monoisotopic (exact) mass is 296 g/mol. The Balaban J connectivity index is 3.21. The third kappa shape index (κ3) is 5.24. The molecule has 0 radical (unpaired) electrons. The van der Waals surface area contributed by atoms with Crippen LogP contribution in [0, 0.1) is 0 Å². The van der Waals surface area contributed by atoms with Gasteiger partial charge in [-0.3, -0.25) is 13.6 Å². The normalized spacial score (nSPS) is 13.3. The van der Waals surface area contributed by atoms with Gasteiger partial charge in [-0.25, -0.2) is 0 Å². The van der Waals surface area contributed by atoms with Crippen molar-refractivity contribution in [2.75, 3.05) is 0 Å². The number of hydrogen-bond donors (Lipinski definition) is 0. The molecule has 0 fully saturated rings. The zero-order valence-corrected chi connectivity index (χ0v) is 14.2. The van der Waals surface area contributed by atoms with Crippen LogP contribution in [-0.2, 0) is 13.6 Å². The minimum atomic E-state index is -3.38. The van der Waals surface area contributed by atoms with Gasteiger partial charge in [-0.1, -0.05) is 24.8 Å². The van der Waals surface area contributed by atoms with Crippen molar-refractivity contribution in [1.29, 1.82) is 0 Å². The van der Waals surface area contributed by atoms with Gasteiger partial charge >= 0.3 is 7.60 Å². The highest BCUT2D eigenvalue weighted by Gasteiger charge is 2.36. The standard InChI is InChI=1S/C16H25O3P/c1-8-13-9-11-14(12-10-13)20(17,18-15(2,3)4)19-16(5,6)7/h8-12H,1H2,2-7H3. The first-order valence-electron chi connectivity index (χ1n) is 6.70. The van der Waals surface area contributed by atoms with E-state index >= 15 is 0 Å². The summed E-state index contributed by atoms with van der Waals surface area (Å²) in [4.78, 5) is 0. The molecule has 20 heavy (non-hydrogen) atoms. The fourth-order valence-corrected chi connectivity index (χ4v) is 3.84. The Hall–Kier alpha value is -0.890. The van der Waals surface area contributed by atoms with Gasteiger partial charge in [0.25, 0.3) is 0 Å². The predicted molar refractivity (Wildman–Crippen MR) is 85.4 cm³/mol. The van der Waals surface area contributed by atoms with E-state index in [1.165, 1.54) is 0 Å². The van der Waals surface area contributed by atoms with Crippen molar-refractivity contribution >= 4 is 19.0 Å². The Morgan fingerprint density at radius 1 is 0.950 bits per heavy atom. The lowest BCUT2D eigenvalue weighted by Gasteiger charge is -2.32. The van der Waals surface area contributed by atoms with Crippen molar-refractivity contribution in [3.8, 4) is 0 Å². The van der Waals surface area contributed by atoms with Crippen molar-refractivity contribution in [3.63, 3.8) is 0 Å². The summed E-state index contributed by atoms with van der Waals surface area (Å²) in [5.74, 6) is 0. The summed E-state index contributed by atoms with van der Waals surface area (Å²) >= 11 is 0. The molecule has 3 nitrogen and oxygen atoms in total. The van der Waals surface area contributed by atoms with Gasteiger partial charge in [-0.05, 0) is 59.2 Å². The molecule has 112 valence electrons. The first-order valence-corrected chi connectivity index (χ1v) is 8.24. The Morgan fingerprint density at radius 3 is 1.65 bits per heavy atom. The largest absolute Gasteiger partial charge is 0.362 e.